The SMILES string of the molecule is CCNC(=NCCOc1cccc(F)c1)NC(C)Cc1c(C)nn(C)c1C. The Morgan fingerprint density at radius 3 is 2.78 bits per heavy atom. The maximum absolute atomic E-state index is 13.2. The third kappa shape index (κ3) is 6.27. The molecule has 2 N–H and O–H groups in total. The second kappa shape index (κ2) is 9.94. The molecule has 0 aliphatic rings. The van der Waals surface area contributed by atoms with Crippen molar-refractivity contribution in [1.29, 1.82) is 0 Å². The van der Waals surface area contributed by atoms with E-state index in [0.717, 1.165) is 24.6 Å². The van der Waals surface area contributed by atoms with E-state index in [4.69, 9.17) is 4.74 Å². The molecule has 0 saturated heterocycles. The molecule has 0 spiro atoms. The highest BCUT2D eigenvalue weighted by atomic mass is 19.1. The zero-order valence-corrected chi connectivity index (χ0v) is 16.8. The number of nitrogens with one attached hydrogen (secondary N) is 2. The van der Waals surface area contributed by atoms with Gasteiger partial charge in [-0.1, -0.05) is 6.07 Å². The third-order valence-corrected chi connectivity index (χ3v) is 4.32. The Hall–Kier alpha value is -2.57. The van der Waals surface area contributed by atoms with Crippen LogP contribution in [0.1, 0.15) is 30.8 Å². The highest BCUT2D eigenvalue weighted by Crippen LogP contribution is 2.14. The van der Waals surface area contributed by atoms with E-state index < -0.39 is 0 Å². The number of nitrogens with zero attached hydrogens (tertiary/aromatic N) is 3. The minimum absolute atomic E-state index is 0.202. The summed E-state index contributed by atoms with van der Waals surface area (Å²) in [7, 11) is 1.97. The van der Waals surface area contributed by atoms with Gasteiger partial charge in [0.25, 0.3) is 0 Å². The van der Waals surface area contributed by atoms with Crippen LogP contribution in [-0.2, 0) is 13.5 Å². The van der Waals surface area contributed by atoms with Crippen molar-refractivity contribution in [3.63, 3.8) is 0 Å². The lowest BCUT2D eigenvalue weighted by Crippen LogP contribution is -2.43. The van der Waals surface area contributed by atoms with Gasteiger partial charge in [0.05, 0.1) is 12.2 Å². The van der Waals surface area contributed by atoms with Crippen LogP contribution in [0.25, 0.3) is 0 Å². The van der Waals surface area contributed by atoms with Gasteiger partial charge in [-0.3, -0.25) is 4.68 Å². The highest BCUT2D eigenvalue weighted by Gasteiger charge is 2.13. The summed E-state index contributed by atoms with van der Waals surface area (Å²) in [6, 6.07) is 6.33. The topological polar surface area (TPSA) is 63.5 Å². The normalized spacial score (nSPS) is 12.7. The van der Waals surface area contributed by atoms with E-state index in [-0.39, 0.29) is 11.9 Å². The third-order valence-electron chi connectivity index (χ3n) is 4.32. The summed E-state index contributed by atoms with van der Waals surface area (Å²) < 4.78 is 20.6. The number of benzene rings is 1. The summed E-state index contributed by atoms with van der Waals surface area (Å²) in [6.07, 6.45) is 0.871. The van der Waals surface area contributed by atoms with Crippen molar-refractivity contribution < 1.29 is 9.13 Å². The minimum Gasteiger partial charge on any atom is -0.492 e. The largest absolute Gasteiger partial charge is 0.492 e. The summed E-state index contributed by atoms with van der Waals surface area (Å²) in [5.41, 5.74) is 3.52. The van der Waals surface area contributed by atoms with Crippen LogP contribution < -0.4 is 15.4 Å². The molecule has 6 nitrogen and oxygen atoms in total. The van der Waals surface area contributed by atoms with Crippen molar-refractivity contribution in [3.8, 4) is 5.75 Å². The van der Waals surface area contributed by atoms with Crippen LogP contribution in [0.2, 0.25) is 0 Å². The van der Waals surface area contributed by atoms with Crippen LogP contribution in [0.15, 0.2) is 29.3 Å². The van der Waals surface area contributed by atoms with Gasteiger partial charge in [0.1, 0.15) is 18.2 Å². The highest BCUT2D eigenvalue weighted by molar-refractivity contribution is 5.80. The van der Waals surface area contributed by atoms with Gasteiger partial charge in [-0.2, -0.15) is 5.10 Å². The van der Waals surface area contributed by atoms with Gasteiger partial charge >= 0.3 is 0 Å². The van der Waals surface area contributed by atoms with Crippen molar-refractivity contribution in [1.82, 2.24) is 20.4 Å². The molecule has 148 valence electrons. The molecule has 0 amide bonds. The first-order valence-corrected chi connectivity index (χ1v) is 9.33. The van der Waals surface area contributed by atoms with E-state index in [2.05, 4.69) is 34.6 Å². The monoisotopic (exact) mass is 375 g/mol. The molecule has 1 heterocycles. The fourth-order valence-corrected chi connectivity index (χ4v) is 2.90. The van der Waals surface area contributed by atoms with Crippen molar-refractivity contribution in [3.05, 3.63) is 47.0 Å². The van der Waals surface area contributed by atoms with Crippen LogP contribution in [0.4, 0.5) is 4.39 Å². The molecule has 0 radical (unpaired) electrons. The molecule has 1 aromatic heterocycles. The molecule has 0 aliphatic heterocycles. The number of guanidine groups is 1. The number of hydrogen-bond donors (Lipinski definition) is 2. The Balaban J connectivity index is 1.88. The molecule has 7 heteroatoms. The first-order valence-electron chi connectivity index (χ1n) is 9.33. The average Bonchev–Trinajstić information content (AvgIpc) is 2.85. The summed E-state index contributed by atoms with van der Waals surface area (Å²) in [5, 5.41) is 11.1. The fourth-order valence-electron chi connectivity index (χ4n) is 2.90. The second-order valence-electron chi connectivity index (χ2n) is 6.59. The second-order valence-corrected chi connectivity index (χ2v) is 6.59. The number of halogens is 1. The van der Waals surface area contributed by atoms with Crippen LogP contribution in [0.5, 0.6) is 5.75 Å². The van der Waals surface area contributed by atoms with Gasteiger partial charge < -0.3 is 15.4 Å². The minimum atomic E-state index is -0.305. The standard InChI is InChI=1S/C20H30FN5O/c1-6-22-20(23-10-11-27-18-9-7-8-17(21)13-18)24-14(2)12-19-15(3)25-26(5)16(19)4/h7-9,13-14H,6,10-12H2,1-5H3,(H2,22,23,24). The lowest BCUT2D eigenvalue weighted by Gasteiger charge is -2.18. The van der Waals surface area contributed by atoms with Crippen LogP contribution >= 0.6 is 0 Å². The number of ether oxygens (including phenoxy) is 1. The molecule has 1 aromatic carbocycles. The van der Waals surface area contributed by atoms with E-state index in [1.54, 1.807) is 12.1 Å². The molecule has 2 rings (SSSR count). The Morgan fingerprint density at radius 1 is 1.37 bits per heavy atom. The van der Waals surface area contributed by atoms with Crippen LogP contribution in [0, 0.1) is 19.7 Å². The van der Waals surface area contributed by atoms with Gasteiger partial charge in [-0.05, 0) is 51.8 Å². The molecule has 0 aliphatic carbocycles. The maximum atomic E-state index is 13.2. The smallest absolute Gasteiger partial charge is 0.191 e. The lowest BCUT2D eigenvalue weighted by molar-refractivity contribution is 0.326. The summed E-state index contributed by atoms with van der Waals surface area (Å²) >= 11 is 0. The first-order chi connectivity index (χ1) is 12.9. The Bertz CT molecular complexity index is 772. The van der Waals surface area contributed by atoms with Gasteiger partial charge in [0, 0.05) is 31.4 Å². The zero-order chi connectivity index (χ0) is 19.8. The van der Waals surface area contributed by atoms with Crippen molar-refractivity contribution >= 4 is 5.96 Å². The Labute approximate surface area is 160 Å². The van der Waals surface area contributed by atoms with Crippen molar-refractivity contribution in [2.45, 2.75) is 40.2 Å². The molecule has 1 unspecified atom stereocenters. The number of rotatable bonds is 8. The quantitative estimate of drug-likeness (QED) is 0.423. The van der Waals surface area contributed by atoms with E-state index in [0.29, 0.717) is 18.9 Å². The molecular weight excluding hydrogens is 345 g/mol. The molecular formula is C20H30FN5O. The molecule has 27 heavy (non-hydrogen) atoms. The molecule has 0 fully saturated rings. The lowest BCUT2D eigenvalue weighted by atomic mass is 10.1. The van der Waals surface area contributed by atoms with E-state index in [9.17, 15) is 4.39 Å². The molecule has 0 saturated carbocycles. The number of aromatic nitrogens is 2. The predicted molar refractivity (Wildman–Crippen MR) is 107 cm³/mol. The number of aliphatic imine (C=N–C) groups is 1. The van der Waals surface area contributed by atoms with E-state index in [1.807, 2.05) is 25.6 Å². The van der Waals surface area contributed by atoms with E-state index >= 15 is 0 Å². The Morgan fingerprint density at radius 2 is 2.15 bits per heavy atom. The maximum Gasteiger partial charge on any atom is 0.191 e. The van der Waals surface area contributed by atoms with Crippen LogP contribution in [0.3, 0.4) is 0 Å². The number of aryl methyl sites for hydroxylation is 2. The van der Waals surface area contributed by atoms with Gasteiger partial charge in [-0.15, -0.1) is 0 Å². The van der Waals surface area contributed by atoms with Gasteiger partial charge in [0.2, 0.25) is 0 Å². The summed E-state index contributed by atoms with van der Waals surface area (Å²) in [5.74, 6) is 0.951. The zero-order valence-electron chi connectivity index (χ0n) is 16.8. The number of hydrogen-bond acceptors (Lipinski definition) is 3. The van der Waals surface area contributed by atoms with Gasteiger partial charge in [-0.25, -0.2) is 9.38 Å². The first kappa shape index (κ1) is 20.7. The summed E-state index contributed by atoms with van der Waals surface area (Å²) in [6.45, 7) is 9.92. The molecule has 1 atom stereocenters. The predicted octanol–water partition coefficient (Wildman–Crippen LogP) is 2.74. The van der Waals surface area contributed by atoms with Crippen molar-refractivity contribution in [2.75, 3.05) is 19.7 Å². The summed E-state index contributed by atoms with van der Waals surface area (Å²) in [4.78, 5) is 4.54. The van der Waals surface area contributed by atoms with Crippen LogP contribution in [-0.4, -0.2) is 41.5 Å². The molecule has 0 bridgehead atoms. The average molecular weight is 375 g/mol. The van der Waals surface area contributed by atoms with Crippen molar-refractivity contribution in [2.24, 2.45) is 12.0 Å². The fraction of sp³-hybridized carbons (Fsp3) is 0.500. The van der Waals surface area contributed by atoms with Gasteiger partial charge in [0.15, 0.2) is 5.96 Å². The van der Waals surface area contributed by atoms with E-state index in [1.165, 1.54) is 23.4 Å². The molecule has 2 aromatic rings. The Kier molecular flexibility index (Phi) is 7.64.